The van der Waals surface area contributed by atoms with E-state index >= 15 is 0 Å². The Bertz CT molecular complexity index is 656. The zero-order valence-electron chi connectivity index (χ0n) is 11.1. The fourth-order valence-electron chi connectivity index (χ4n) is 1.85. The van der Waals surface area contributed by atoms with E-state index in [0.717, 1.165) is 25.9 Å². The molecule has 0 aliphatic carbocycles. The van der Waals surface area contributed by atoms with E-state index in [1.165, 1.54) is 0 Å². The van der Waals surface area contributed by atoms with Gasteiger partial charge in [0.2, 0.25) is 0 Å². The molecule has 2 aromatic carbocycles. The normalized spacial score (nSPS) is 10.2. The molecule has 2 aromatic rings. The zero-order valence-corrected chi connectivity index (χ0v) is 14.3. The predicted octanol–water partition coefficient (Wildman–Crippen LogP) is 4.81. The van der Waals surface area contributed by atoms with Gasteiger partial charge in [-0.05, 0) is 58.7 Å². The van der Waals surface area contributed by atoms with E-state index in [-0.39, 0.29) is 5.91 Å². The molecule has 0 aliphatic rings. The van der Waals surface area contributed by atoms with Crippen LogP contribution in [0.25, 0.3) is 0 Å². The Morgan fingerprint density at radius 1 is 1.05 bits per heavy atom. The molecular weight excluding hydrogens is 384 g/mol. The molecule has 0 atom stereocenters. The first-order chi connectivity index (χ1) is 9.51. The van der Waals surface area contributed by atoms with Crippen molar-refractivity contribution in [2.45, 2.75) is 6.92 Å². The highest BCUT2D eigenvalue weighted by molar-refractivity contribution is 9.11. The Morgan fingerprint density at radius 3 is 2.50 bits per heavy atom. The highest BCUT2D eigenvalue weighted by Gasteiger charge is 2.12. The minimum absolute atomic E-state index is 0.145. The molecule has 1 amide bonds. The van der Waals surface area contributed by atoms with E-state index in [1.807, 2.05) is 43.3 Å². The maximum absolute atomic E-state index is 12.4. The zero-order chi connectivity index (χ0) is 14.7. The van der Waals surface area contributed by atoms with Crippen molar-refractivity contribution in [1.29, 1.82) is 0 Å². The summed E-state index contributed by atoms with van der Waals surface area (Å²) in [5, 5.41) is 5.95. The van der Waals surface area contributed by atoms with E-state index in [0.29, 0.717) is 5.56 Å². The molecule has 0 aromatic heterocycles. The number of rotatable bonds is 3. The highest BCUT2D eigenvalue weighted by atomic mass is 79.9. The van der Waals surface area contributed by atoms with Crippen LogP contribution >= 0.6 is 31.9 Å². The molecule has 104 valence electrons. The van der Waals surface area contributed by atoms with Gasteiger partial charge in [0.1, 0.15) is 0 Å². The van der Waals surface area contributed by atoms with Gasteiger partial charge in [-0.3, -0.25) is 4.79 Å². The number of amides is 1. The van der Waals surface area contributed by atoms with Crippen molar-refractivity contribution in [3.8, 4) is 0 Å². The summed E-state index contributed by atoms with van der Waals surface area (Å²) >= 11 is 6.82. The largest absolute Gasteiger partial charge is 0.387 e. The van der Waals surface area contributed by atoms with Gasteiger partial charge in [0, 0.05) is 21.7 Å². The summed E-state index contributed by atoms with van der Waals surface area (Å²) in [6.45, 7) is 1.99. The van der Waals surface area contributed by atoms with Crippen molar-refractivity contribution in [2.24, 2.45) is 0 Å². The van der Waals surface area contributed by atoms with E-state index in [2.05, 4.69) is 42.5 Å². The van der Waals surface area contributed by atoms with Crippen molar-refractivity contribution >= 4 is 49.1 Å². The fraction of sp³-hybridized carbons (Fsp3) is 0.133. The molecule has 0 bridgehead atoms. The van der Waals surface area contributed by atoms with E-state index in [4.69, 9.17) is 0 Å². The van der Waals surface area contributed by atoms with Crippen LogP contribution in [-0.2, 0) is 0 Å². The summed E-state index contributed by atoms with van der Waals surface area (Å²) in [4.78, 5) is 12.4. The molecule has 20 heavy (non-hydrogen) atoms. The summed E-state index contributed by atoms with van der Waals surface area (Å²) < 4.78 is 1.75. The average Bonchev–Trinajstić information content (AvgIpc) is 2.42. The molecule has 0 radical (unpaired) electrons. The SMILES string of the molecule is CNc1cc(C)ccc1C(=O)Nc1cc(Br)ccc1Br. The first kappa shape index (κ1) is 15.1. The number of hydrogen-bond acceptors (Lipinski definition) is 2. The minimum Gasteiger partial charge on any atom is -0.387 e. The van der Waals surface area contributed by atoms with Crippen LogP contribution in [0, 0.1) is 6.92 Å². The van der Waals surface area contributed by atoms with Crippen molar-refractivity contribution < 1.29 is 4.79 Å². The third-order valence-electron chi connectivity index (χ3n) is 2.87. The van der Waals surface area contributed by atoms with Crippen molar-refractivity contribution in [1.82, 2.24) is 0 Å². The van der Waals surface area contributed by atoms with Crippen LogP contribution in [-0.4, -0.2) is 13.0 Å². The van der Waals surface area contributed by atoms with Crippen LogP contribution in [0.4, 0.5) is 11.4 Å². The molecule has 2 rings (SSSR count). The average molecular weight is 398 g/mol. The Kier molecular flexibility index (Phi) is 4.83. The van der Waals surface area contributed by atoms with Gasteiger partial charge in [-0.25, -0.2) is 0 Å². The van der Waals surface area contributed by atoms with E-state index < -0.39 is 0 Å². The molecular formula is C15H14Br2N2O. The van der Waals surface area contributed by atoms with Crippen molar-refractivity contribution in [2.75, 3.05) is 17.7 Å². The fourth-order valence-corrected chi connectivity index (χ4v) is 2.55. The lowest BCUT2D eigenvalue weighted by molar-refractivity contribution is 0.102. The van der Waals surface area contributed by atoms with Crippen LogP contribution in [0.1, 0.15) is 15.9 Å². The third kappa shape index (κ3) is 3.41. The highest BCUT2D eigenvalue weighted by Crippen LogP contribution is 2.27. The van der Waals surface area contributed by atoms with Gasteiger partial charge in [-0.1, -0.05) is 22.0 Å². The number of carbonyl (C=O) groups excluding carboxylic acids is 1. The van der Waals surface area contributed by atoms with Gasteiger partial charge in [-0.15, -0.1) is 0 Å². The van der Waals surface area contributed by atoms with Crippen LogP contribution in [0.15, 0.2) is 45.3 Å². The first-order valence-corrected chi connectivity index (χ1v) is 7.64. The second-order valence-electron chi connectivity index (χ2n) is 4.38. The topological polar surface area (TPSA) is 41.1 Å². The van der Waals surface area contributed by atoms with Crippen molar-refractivity contribution in [3.05, 3.63) is 56.5 Å². The molecule has 0 saturated carbocycles. The Labute approximate surface area is 135 Å². The lowest BCUT2D eigenvalue weighted by Gasteiger charge is -2.12. The first-order valence-electron chi connectivity index (χ1n) is 6.06. The molecule has 5 heteroatoms. The van der Waals surface area contributed by atoms with Gasteiger partial charge in [0.15, 0.2) is 0 Å². The maximum Gasteiger partial charge on any atom is 0.257 e. The molecule has 0 aliphatic heterocycles. The molecule has 0 heterocycles. The van der Waals surface area contributed by atoms with Crippen molar-refractivity contribution in [3.63, 3.8) is 0 Å². The number of benzene rings is 2. The van der Waals surface area contributed by atoms with E-state index in [1.54, 1.807) is 7.05 Å². The molecule has 3 nitrogen and oxygen atoms in total. The smallest absolute Gasteiger partial charge is 0.257 e. The van der Waals surface area contributed by atoms with Gasteiger partial charge >= 0.3 is 0 Å². The van der Waals surface area contributed by atoms with Gasteiger partial charge < -0.3 is 10.6 Å². The summed E-state index contributed by atoms with van der Waals surface area (Å²) in [7, 11) is 1.81. The maximum atomic E-state index is 12.4. The van der Waals surface area contributed by atoms with Crippen LogP contribution in [0.2, 0.25) is 0 Å². The summed E-state index contributed by atoms with van der Waals surface area (Å²) in [5.41, 5.74) is 3.26. The molecule has 0 saturated heterocycles. The van der Waals surface area contributed by atoms with Gasteiger partial charge in [0.25, 0.3) is 5.91 Å². The third-order valence-corrected chi connectivity index (χ3v) is 4.05. The standard InChI is InChI=1S/C15H14Br2N2O/c1-9-3-5-11(13(7-9)18-2)15(20)19-14-8-10(16)4-6-12(14)17/h3-8,18H,1-2H3,(H,19,20). The number of hydrogen-bond donors (Lipinski definition) is 2. The van der Waals surface area contributed by atoms with Gasteiger partial charge in [0.05, 0.1) is 11.3 Å². The monoisotopic (exact) mass is 396 g/mol. The quantitative estimate of drug-likeness (QED) is 0.779. The van der Waals surface area contributed by atoms with Crippen LogP contribution in [0.3, 0.4) is 0 Å². The van der Waals surface area contributed by atoms with Crippen LogP contribution in [0.5, 0.6) is 0 Å². The number of nitrogens with one attached hydrogen (secondary N) is 2. The lowest BCUT2D eigenvalue weighted by atomic mass is 10.1. The molecule has 2 N–H and O–H groups in total. The Balaban J connectivity index is 2.30. The summed E-state index contributed by atoms with van der Waals surface area (Å²) in [6, 6.07) is 11.3. The molecule has 0 unspecified atom stereocenters. The van der Waals surface area contributed by atoms with E-state index in [9.17, 15) is 4.79 Å². The Hall–Kier alpha value is -1.33. The van der Waals surface area contributed by atoms with Crippen LogP contribution < -0.4 is 10.6 Å². The summed E-state index contributed by atoms with van der Waals surface area (Å²) in [6.07, 6.45) is 0. The van der Waals surface area contributed by atoms with Gasteiger partial charge in [-0.2, -0.15) is 0 Å². The second-order valence-corrected chi connectivity index (χ2v) is 6.15. The predicted molar refractivity (Wildman–Crippen MR) is 90.5 cm³/mol. The number of aryl methyl sites for hydroxylation is 1. The minimum atomic E-state index is -0.145. The number of carbonyl (C=O) groups is 1. The Morgan fingerprint density at radius 2 is 1.80 bits per heavy atom. The number of anilines is 2. The molecule has 0 fully saturated rings. The second kappa shape index (κ2) is 6.41. The number of halogens is 2. The summed E-state index contributed by atoms with van der Waals surface area (Å²) in [5.74, 6) is -0.145. The lowest BCUT2D eigenvalue weighted by Crippen LogP contribution is -2.14. The molecule has 0 spiro atoms.